The molecule has 2 rings (SSSR count). The van der Waals surface area contributed by atoms with E-state index < -0.39 is 15.5 Å². The van der Waals surface area contributed by atoms with Gasteiger partial charge in [0.25, 0.3) is 5.56 Å². The predicted molar refractivity (Wildman–Crippen MR) is 142 cm³/mol. The molecule has 0 aliphatic rings. The van der Waals surface area contributed by atoms with E-state index in [-0.39, 0.29) is 45.4 Å². The molecule has 0 saturated carbocycles. The molecule has 0 spiro atoms. The predicted octanol–water partition coefficient (Wildman–Crippen LogP) is 6.16. The van der Waals surface area contributed by atoms with E-state index in [2.05, 4.69) is 16.5 Å². The summed E-state index contributed by atoms with van der Waals surface area (Å²) < 4.78 is 40.0. The van der Waals surface area contributed by atoms with Gasteiger partial charge in [-0.2, -0.15) is 0 Å². The Hall–Kier alpha value is -2.32. The summed E-state index contributed by atoms with van der Waals surface area (Å²) in [6, 6.07) is 3.28. The molecule has 0 bridgehead atoms. The quantitative estimate of drug-likeness (QED) is 0.260. The first-order valence-electron chi connectivity index (χ1n) is 11.7. The van der Waals surface area contributed by atoms with Gasteiger partial charge < -0.3 is 0 Å². The lowest BCUT2D eigenvalue weighted by Crippen LogP contribution is -2.34. The third-order valence-corrected chi connectivity index (χ3v) is 8.09. The molecule has 2 atom stereocenters. The zero-order valence-corrected chi connectivity index (χ0v) is 22.9. The average molecular weight is 524 g/mol. The number of fused-ring (bicyclic) bond motifs is 1. The van der Waals surface area contributed by atoms with E-state index in [0.29, 0.717) is 24.1 Å². The maximum atomic E-state index is 14.5. The summed E-state index contributed by atoms with van der Waals surface area (Å²) in [7, 11) is -3.28. The van der Waals surface area contributed by atoms with Crippen molar-refractivity contribution in [2.75, 3.05) is 5.75 Å². The minimum atomic E-state index is -3.28. The fourth-order valence-corrected chi connectivity index (χ4v) is 4.81. The first kappa shape index (κ1) is 28.9. The van der Waals surface area contributed by atoms with Crippen molar-refractivity contribution < 1.29 is 12.8 Å². The van der Waals surface area contributed by atoms with Crippen LogP contribution in [0.4, 0.5) is 4.39 Å². The van der Waals surface area contributed by atoms with Crippen molar-refractivity contribution in [3.8, 4) is 0 Å². The highest BCUT2D eigenvalue weighted by atomic mass is 35.5. The zero-order chi connectivity index (χ0) is 26.6. The lowest BCUT2D eigenvalue weighted by Gasteiger charge is -2.22. The molecule has 2 aromatic heterocycles. The van der Waals surface area contributed by atoms with Gasteiger partial charge in [-0.05, 0) is 57.7 Å². The van der Waals surface area contributed by atoms with Crippen molar-refractivity contribution in [2.45, 2.75) is 72.5 Å². The summed E-state index contributed by atoms with van der Waals surface area (Å²) in [6.45, 7) is 13.9. The van der Waals surface area contributed by atoms with E-state index in [1.54, 1.807) is 44.2 Å². The number of nitrogens with zero attached hydrogens (tertiary/aromatic N) is 3. The average Bonchev–Trinajstić information content (AvgIpc) is 2.78. The van der Waals surface area contributed by atoms with Crippen LogP contribution in [0.5, 0.6) is 0 Å². The minimum Gasteiger partial charge on any atom is -0.287 e. The van der Waals surface area contributed by atoms with Crippen molar-refractivity contribution >= 4 is 32.6 Å². The molecule has 35 heavy (non-hydrogen) atoms. The van der Waals surface area contributed by atoms with Crippen LogP contribution in [0.1, 0.15) is 66.0 Å². The molecule has 6 nitrogen and oxygen atoms in total. The van der Waals surface area contributed by atoms with E-state index >= 15 is 0 Å². The van der Waals surface area contributed by atoms with E-state index in [1.165, 1.54) is 18.4 Å². The SMILES string of the molecule is C=C(/C=C\C(=C/C)S(=O)(=O)CC)CCC(C)C(C)c1nc2ccc(Cl)nc2n(CC(C)(C)F)c1=O. The Kier molecular flexibility index (Phi) is 9.59. The lowest BCUT2D eigenvalue weighted by molar-refractivity contribution is 0.186. The van der Waals surface area contributed by atoms with Crippen LogP contribution in [0.15, 0.2) is 52.2 Å². The summed E-state index contributed by atoms with van der Waals surface area (Å²) in [5, 5.41) is 0.206. The summed E-state index contributed by atoms with van der Waals surface area (Å²) >= 11 is 6.03. The Bertz CT molecular complexity index is 1310. The highest BCUT2D eigenvalue weighted by Gasteiger charge is 2.25. The number of sulfone groups is 1. The first-order valence-corrected chi connectivity index (χ1v) is 13.7. The van der Waals surface area contributed by atoms with E-state index in [1.807, 2.05) is 13.8 Å². The fourth-order valence-electron chi connectivity index (χ4n) is 3.70. The largest absolute Gasteiger partial charge is 0.287 e. The van der Waals surface area contributed by atoms with Crippen LogP contribution in [0.25, 0.3) is 11.2 Å². The Morgan fingerprint density at radius 2 is 1.91 bits per heavy atom. The van der Waals surface area contributed by atoms with Gasteiger partial charge in [-0.3, -0.25) is 9.36 Å². The molecule has 2 heterocycles. The number of allylic oxidation sites excluding steroid dienone is 4. The minimum absolute atomic E-state index is 0.0373. The van der Waals surface area contributed by atoms with Gasteiger partial charge in [0.05, 0.1) is 17.2 Å². The van der Waals surface area contributed by atoms with Crippen molar-refractivity contribution in [3.63, 3.8) is 0 Å². The highest BCUT2D eigenvalue weighted by molar-refractivity contribution is 7.95. The van der Waals surface area contributed by atoms with Crippen LogP contribution >= 0.6 is 11.6 Å². The van der Waals surface area contributed by atoms with Crippen molar-refractivity contribution in [3.05, 3.63) is 68.6 Å². The number of hydrogen-bond acceptors (Lipinski definition) is 5. The van der Waals surface area contributed by atoms with Crippen LogP contribution in [0, 0.1) is 5.92 Å². The molecular weight excluding hydrogens is 489 g/mol. The molecule has 192 valence electrons. The number of pyridine rings is 1. The van der Waals surface area contributed by atoms with E-state index in [4.69, 9.17) is 11.6 Å². The van der Waals surface area contributed by atoms with Gasteiger partial charge in [-0.1, -0.05) is 56.7 Å². The van der Waals surface area contributed by atoms with Gasteiger partial charge in [0.2, 0.25) is 0 Å². The van der Waals surface area contributed by atoms with Crippen molar-refractivity contribution in [1.29, 1.82) is 0 Å². The van der Waals surface area contributed by atoms with Crippen LogP contribution in [-0.4, -0.2) is 34.4 Å². The topological polar surface area (TPSA) is 81.9 Å². The Morgan fingerprint density at radius 1 is 1.26 bits per heavy atom. The molecule has 0 N–H and O–H groups in total. The normalized spacial score (nSPS) is 15.0. The first-order chi connectivity index (χ1) is 16.2. The van der Waals surface area contributed by atoms with Gasteiger partial charge in [0, 0.05) is 5.92 Å². The fraction of sp³-hybridized carbons (Fsp3) is 0.500. The highest BCUT2D eigenvalue weighted by Crippen LogP contribution is 2.28. The molecule has 0 radical (unpaired) electrons. The maximum absolute atomic E-state index is 14.5. The third kappa shape index (κ3) is 7.58. The maximum Gasteiger partial charge on any atom is 0.274 e. The third-order valence-electron chi connectivity index (χ3n) is 6.03. The number of halogens is 2. The van der Waals surface area contributed by atoms with Gasteiger partial charge >= 0.3 is 0 Å². The Morgan fingerprint density at radius 3 is 2.49 bits per heavy atom. The lowest BCUT2D eigenvalue weighted by atomic mass is 9.88. The van der Waals surface area contributed by atoms with E-state index in [0.717, 1.165) is 5.57 Å². The summed E-state index contributed by atoms with van der Waals surface area (Å²) in [6.07, 6.45) is 6.21. The molecule has 0 aliphatic carbocycles. The molecule has 2 aromatic rings. The molecule has 0 aliphatic heterocycles. The van der Waals surface area contributed by atoms with Gasteiger partial charge in [0.15, 0.2) is 15.5 Å². The number of rotatable bonds is 11. The van der Waals surface area contributed by atoms with Crippen LogP contribution < -0.4 is 5.56 Å². The number of aromatic nitrogens is 3. The number of hydrogen-bond donors (Lipinski definition) is 0. The van der Waals surface area contributed by atoms with Gasteiger partial charge in [-0.25, -0.2) is 22.8 Å². The molecule has 9 heteroatoms. The summed E-state index contributed by atoms with van der Waals surface area (Å²) in [5.74, 6) is -0.110. The monoisotopic (exact) mass is 523 g/mol. The summed E-state index contributed by atoms with van der Waals surface area (Å²) in [5.41, 5.74) is -0.122. The van der Waals surface area contributed by atoms with E-state index in [9.17, 15) is 17.6 Å². The smallest absolute Gasteiger partial charge is 0.274 e. The van der Waals surface area contributed by atoms with Gasteiger partial charge in [0.1, 0.15) is 22.0 Å². The molecule has 0 saturated heterocycles. The standard InChI is InChI=1S/C26H35ClFN3O3S/c1-8-20(35(33,34)9-2)13-11-17(3)10-12-18(4)19(5)23-25(32)31(16-26(6,7)28)24-21(29-23)14-15-22(27)30-24/h8,11,13-15,18-19H,3,9-10,12,16H2,1-2,4-7H3/b13-11-,20-8+. The Labute approximate surface area is 212 Å². The number of alkyl halides is 1. The van der Waals surface area contributed by atoms with Crippen molar-refractivity contribution in [1.82, 2.24) is 14.5 Å². The molecule has 2 unspecified atom stereocenters. The zero-order valence-electron chi connectivity index (χ0n) is 21.3. The van der Waals surface area contributed by atoms with Gasteiger partial charge in [-0.15, -0.1) is 0 Å². The molecule has 0 amide bonds. The van der Waals surface area contributed by atoms with Crippen LogP contribution in [0.3, 0.4) is 0 Å². The molecular formula is C26H35ClFN3O3S. The Balaban J connectivity index is 2.27. The summed E-state index contributed by atoms with van der Waals surface area (Å²) in [4.78, 5) is 22.4. The second-order valence-electron chi connectivity index (χ2n) is 9.47. The van der Waals surface area contributed by atoms with Crippen LogP contribution in [0.2, 0.25) is 5.15 Å². The van der Waals surface area contributed by atoms with Crippen molar-refractivity contribution in [2.24, 2.45) is 5.92 Å². The second-order valence-corrected chi connectivity index (χ2v) is 12.1. The van der Waals surface area contributed by atoms with Crippen LogP contribution in [-0.2, 0) is 16.4 Å². The molecule has 0 aromatic carbocycles. The second kappa shape index (κ2) is 11.6. The molecule has 0 fully saturated rings.